The molecule has 41 heavy (non-hydrogen) atoms. The molecule has 0 aromatic heterocycles. The number of ether oxygens (including phenoxy) is 1. The Kier molecular flexibility index (Phi) is 8.93. The van der Waals surface area contributed by atoms with Gasteiger partial charge in [0.1, 0.15) is 17.9 Å². The molecule has 1 spiro atoms. The zero-order valence-electron chi connectivity index (χ0n) is 24.5. The van der Waals surface area contributed by atoms with Gasteiger partial charge in [-0.2, -0.15) is 0 Å². The summed E-state index contributed by atoms with van der Waals surface area (Å²) in [5.74, 6) is 1.11. The third-order valence-electron chi connectivity index (χ3n) is 8.75. The van der Waals surface area contributed by atoms with Crippen LogP contribution in [0.5, 0.6) is 5.75 Å². The molecule has 7 nitrogen and oxygen atoms in total. The molecule has 0 bridgehead atoms. The topological polar surface area (TPSA) is 65.1 Å². The SMILES string of the molecule is CCN(CC)C(=O)c1ccc(Cc2ccccc2OCC(C)N2CCC3(CC2)C(=O)NCN3c2ccccc2)cc1. The van der Waals surface area contributed by atoms with Crippen LogP contribution >= 0.6 is 0 Å². The number of nitrogens with one attached hydrogen (secondary N) is 1. The highest BCUT2D eigenvalue weighted by Crippen LogP contribution is 2.36. The van der Waals surface area contributed by atoms with E-state index in [1.54, 1.807) is 0 Å². The lowest BCUT2D eigenvalue weighted by Gasteiger charge is -2.44. The first kappa shape index (κ1) is 28.7. The Morgan fingerprint density at radius 3 is 2.29 bits per heavy atom. The predicted molar refractivity (Wildman–Crippen MR) is 163 cm³/mol. The van der Waals surface area contributed by atoms with Gasteiger partial charge >= 0.3 is 0 Å². The van der Waals surface area contributed by atoms with Crippen molar-refractivity contribution in [2.24, 2.45) is 0 Å². The van der Waals surface area contributed by atoms with Crippen molar-refractivity contribution in [3.63, 3.8) is 0 Å². The number of benzene rings is 3. The molecule has 3 aromatic rings. The second-order valence-corrected chi connectivity index (χ2v) is 11.1. The number of nitrogens with zero attached hydrogens (tertiary/aromatic N) is 3. The largest absolute Gasteiger partial charge is 0.492 e. The van der Waals surface area contributed by atoms with E-state index in [0.717, 1.165) is 60.5 Å². The Hall–Kier alpha value is -3.84. The predicted octanol–water partition coefficient (Wildman–Crippen LogP) is 4.96. The number of hydrogen-bond acceptors (Lipinski definition) is 5. The molecule has 216 valence electrons. The van der Waals surface area contributed by atoms with Gasteiger partial charge in [-0.25, -0.2) is 0 Å². The molecule has 2 aliphatic heterocycles. The van der Waals surface area contributed by atoms with Crippen molar-refractivity contribution in [1.82, 2.24) is 15.1 Å². The molecule has 1 atom stereocenters. The highest BCUT2D eigenvalue weighted by molar-refractivity contribution is 5.94. The Balaban J connectivity index is 1.18. The summed E-state index contributed by atoms with van der Waals surface area (Å²) in [5, 5.41) is 3.09. The molecule has 0 radical (unpaired) electrons. The smallest absolute Gasteiger partial charge is 0.253 e. The maximum atomic E-state index is 13.0. The lowest BCUT2D eigenvalue weighted by molar-refractivity contribution is -0.125. The van der Waals surface area contributed by atoms with Crippen LogP contribution in [0.3, 0.4) is 0 Å². The van der Waals surface area contributed by atoms with Crippen molar-refractivity contribution in [3.05, 3.63) is 95.6 Å². The standard InChI is InChI=1S/C34H42N4O3/c1-4-36(5-2)32(39)28-17-15-27(16-18-28)23-29-11-9-10-14-31(29)41-24-26(3)37-21-19-34(20-22-37)33(40)35-25-38(34)30-12-7-6-8-13-30/h6-18,26H,4-5,19-25H2,1-3H3,(H,35,40). The lowest BCUT2D eigenvalue weighted by atomic mass is 9.85. The molecule has 5 rings (SSSR count). The van der Waals surface area contributed by atoms with E-state index in [2.05, 4.69) is 40.2 Å². The van der Waals surface area contributed by atoms with E-state index >= 15 is 0 Å². The number of amides is 2. The highest BCUT2D eigenvalue weighted by Gasteiger charge is 2.50. The van der Waals surface area contributed by atoms with Gasteiger partial charge in [0.25, 0.3) is 5.91 Å². The van der Waals surface area contributed by atoms with Gasteiger partial charge in [-0.1, -0.05) is 48.5 Å². The average molecular weight is 555 g/mol. The first-order valence-electron chi connectivity index (χ1n) is 14.9. The third kappa shape index (κ3) is 6.10. The summed E-state index contributed by atoms with van der Waals surface area (Å²) in [6.07, 6.45) is 2.32. The fourth-order valence-electron chi connectivity index (χ4n) is 6.15. The molecule has 2 fully saturated rings. The molecule has 0 saturated carbocycles. The molecule has 2 aliphatic rings. The van der Waals surface area contributed by atoms with Crippen LogP contribution in [-0.4, -0.2) is 72.6 Å². The molecule has 1 unspecified atom stereocenters. The van der Waals surface area contributed by atoms with Crippen LogP contribution in [0.15, 0.2) is 78.9 Å². The average Bonchev–Trinajstić information content (AvgIpc) is 3.32. The van der Waals surface area contributed by atoms with E-state index in [1.807, 2.05) is 79.4 Å². The van der Waals surface area contributed by atoms with Crippen LogP contribution in [0.2, 0.25) is 0 Å². The summed E-state index contributed by atoms with van der Waals surface area (Å²) in [5.41, 5.74) is 3.61. The van der Waals surface area contributed by atoms with Crippen molar-refractivity contribution in [2.45, 2.75) is 51.6 Å². The lowest BCUT2D eigenvalue weighted by Crippen LogP contribution is -2.58. The minimum Gasteiger partial charge on any atom is -0.492 e. The highest BCUT2D eigenvalue weighted by atomic mass is 16.5. The zero-order valence-corrected chi connectivity index (χ0v) is 24.5. The minimum absolute atomic E-state index is 0.0734. The summed E-state index contributed by atoms with van der Waals surface area (Å²) in [4.78, 5) is 32.2. The number of rotatable bonds is 10. The molecule has 2 heterocycles. The number of carbonyl (C=O) groups excluding carboxylic acids is 2. The maximum Gasteiger partial charge on any atom is 0.253 e. The van der Waals surface area contributed by atoms with E-state index < -0.39 is 5.54 Å². The van der Waals surface area contributed by atoms with Gasteiger partial charge < -0.3 is 19.9 Å². The minimum atomic E-state index is -0.476. The van der Waals surface area contributed by atoms with Gasteiger partial charge in [0, 0.05) is 49.9 Å². The Morgan fingerprint density at radius 1 is 0.951 bits per heavy atom. The van der Waals surface area contributed by atoms with Crippen LogP contribution in [0, 0.1) is 0 Å². The number of para-hydroxylation sites is 2. The number of hydrogen-bond donors (Lipinski definition) is 1. The van der Waals surface area contributed by atoms with Crippen LogP contribution in [0.1, 0.15) is 55.1 Å². The second-order valence-electron chi connectivity index (χ2n) is 11.1. The van der Waals surface area contributed by atoms with Crippen molar-refractivity contribution >= 4 is 17.5 Å². The summed E-state index contributed by atoms with van der Waals surface area (Å²) in [6, 6.07) is 26.6. The van der Waals surface area contributed by atoms with E-state index in [-0.39, 0.29) is 17.9 Å². The number of carbonyl (C=O) groups is 2. The van der Waals surface area contributed by atoms with Crippen LogP contribution < -0.4 is 15.0 Å². The molecule has 7 heteroatoms. The van der Waals surface area contributed by atoms with Gasteiger partial charge in [-0.15, -0.1) is 0 Å². The molecule has 3 aromatic carbocycles. The van der Waals surface area contributed by atoms with E-state index in [1.165, 1.54) is 0 Å². The first-order chi connectivity index (χ1) is 19.9. The van der Waals surface area contributed by atoms with Crippen molar-refractivity contribution in [1.29, 1.82) is 0 Å². The van der Waals surface area contributed by atoms with E-state index in [4.69, 9.17) is 4.74 Å². The molecule has 0 aliphatic carbocycles. The fraction of sp³-hybridized carbons (Fsp3) is 0.412. The Bertz CT molecular complexity index is 1320. The molecule has 2 saturated heterocycles. The first-order valence-corrected chi connectivity index (χ1v) is 14.9. The monoisotopic (exact) mass is 554 g/mol. The fourth-order valence-corrected chi connectivity index (χ4v) is 6.15. The third-order valence-corrected chi connectivity index (χ3v) is 8.75. The van der Waals surface area contributed by atoms with Gasteiger partial charge in [0.15, 0.2) is 0 Å². The van der Waals surface area contributed by atoms with Crippen LogP contribution in [0.4, 0.5) is 5.69 Å². The summed E-state index contributed by atoms with van der Waals surface area (Å²) in [7, 11) is 0. The Labute approximate surface area is 244 Å². The van der Waals surface area contributed by atoms with Gasteiger partial charge in [-0.3, -0.25) is 14.5 Å². The normalized spacial score (nSPS) is 17.3. The molecule has 1 N–H and O–H groups in total. The van der Waals surface area contributed by atoms with Crippen LogP contribution in [0.25, 0.3) is 0 Å². The number of anilines is 1. The second kappa shape index (κ2) is 12.8. The molecule has 2 amide bonds. The van der Waals surface area contributed by atoms with Crippen molar-refractivity contribution < 1.29 is 14.3 Å². The Morgan fingerprint density at radius 2 is 1.61 bits per heavy atom. The van der Waals surface area contributed by atoms with E-state index in [9.17, 15) is 9.59 Å². The van der Waals surface area contributed by atoms with Gasteiger partial charge in [0.2, 0.25) is 5.91 Å². The summed E-state index contributed by atoms with van der Waals surface area (Å²) >= 11 is 0. The molecular formula is C34H42N4O3. The van der Waals surface area contributed by atoms with Gasteiger partial charge in [-0.05, 0) is 75.1 Å². The molecular weight excluding hydrogens is 512 g/mol. The van der Waals surface area contributed by atoms with E-state index in [0.29, 0.717) is 26.4 Å². The van der Waals surface area contributed by atoms with Gasteiger partial charge in [0.05, 0.1) is 6.67 Å². The number of likely N-dealkylation sites (tertiary alicyclic amines) is 1. The van der Waals surface area contributed by atoms with Crippen LogP contribution in [-0.2, 0) is 11.2 Å². The maximum absolute atomic E-state index is 13.0. The van der Waals surface area contributed by atoms with Crippen molar-refractivity contribution in [2.75, 3.05) is 44.4 Å². The quantitative estimate of drug-likeness (QED) is 0.384. The zero-order chi connectivity index (χ0) is 28.8. The summed E-state index contributed by atoms with van der Waals surface area (Å²) < 4.78 is 6.38. The summed E-state index contributed by atoms with van der Waals surface area (Å²) in [6.45, 7) is 10.5. The van der Waals surface area contributed by atoms with Crippen molar-refractivity contribution in [3.8, 4) is 5.75 Å². The number of piperidine rings is 1.